The maximum absolute atomic E-state index is 11.9. The van der Waals surface area contributed by atoms with E-state index in [0.717, 1.165) is 0 Å². The molecule has 5 N–H and O–H groups in total. The summed E-state index contributed by atoms with van der Waals surface area (Å²) in [7, 11) is 0. The number of guanidine groups is 1. The summed E-state index contributed by atoms with van der Waals surface area (Å²) in [6, 6.07) is 0. The van der Waals surface area contributed by atoms with Crippen LogP contribution in [0.2, 0.25) is 0 Å². The van der Waals surface area contributed by atoms with Crippen molar-refractivity contribution >= 4 is 23.8 Å². The number of nitrogens with one attached hydrogen (secondary N) is 2. The minimum absolute atomic E-state index is 0.0352. The van der Waals surface area contributed by atoms with Crippen molar-refractivity contribution in [2.75, 3.05) is 13.2 Å². The van der Waals surface area contributed by atoms with Crippen LogP contribution >= 0.6 is 0 Å². The first-order valence-corrected chi connectivity index (χ1v) is 8.68. The molecule has 10 heteroatoms. The van der Waals surface area contributed by atoms with Gasteiger partial charge >= 0.3 is 11.9 Å². The number of esters is 1. The monoisotopic (exact) mass is 394 g/mol. The van der Waals surface area contributed by atoms with Crippen LogP contribution in [0, 0.1) is 5.41 Å². The lowest BCUT2D eigenvalue weighted by molar-refractivity contribution is -0.219. The number of carbonyl (C=O) groups is 3. The van der Waals surface area contributed by atoms with E-state index in [2.05, 4.69) is 11.9 Å². The van der Waals surface area contributed by atoms with E-state index in [-0.39, 0.29) is 44.8 Å². The minimum Gasteiger partial charge on any atom is -0.464 e. The highest BCUT2D eigenvalue weighted by atomic mass is 16.7. The van der Waals surface area contributed by atoms with E-state index in [0.29, 0.717) is 16.2 Å². The second kappa shape index (κ2) is 11.5. The lowest BCUT2D eigenvalue weighted by atomic mass is 10.1. The number of carbonyl (C=O) groups excluding carboxylic acids is 3. The molecule has 28 heavy (non-hydrogen) atoms. The highest BCUT2D eigenvalue weighted by molar-refractivity contribution is 5.80. The SMILES string of the molecule is C=C(/C=C\C(=C/C)CC(=O)ON1C(=O)CCC1O)CC(=O)OCCNC(=N)N. The second-order valence-corrected chi connectivity index (χ2v) is 5.97. The van der Waals surface area contributed by atoms with Gasteiger partial charge in [0.1, 0.15) is 6.61 Å². The van der Waals surface area contributed by atoms with Crippen molar-refractivity contribution < 1.29 is 29.1 Å². The Balaban J connectivity index is 2.40. The van der Waals surface area contributed by atoms with E-state index in [1.165, 1.54) is 0 Å². The predicted molar refractivity (Wildman–Crippen MR) is 100 cm³/mol. The molecule has 0 saturated carbocycles. The Morgan fingerprint density at radius 1 is 1.39 bits per heavy atom. The first-order chi connectivity index (χ1) is 13.2. The molecule has 1 saturated heterocycles. The number of aliphatic hydroxyl groups excluding tert-OH is 1. The lowest BCUT2D eigenvalue weighted by Crippen LogP contribution is -2.35. The Morgan fingerprint density at radius 2 is 2.11 bits per heavy atom. The van der Waals surface area contributed by atoms with Crippen molar-refractivity contribution in [3.05, 3.63) is 36.0 Å². The number of allylic oxidation sites excluding steroid dienone is 3. The fraction of sp³-hybridized carbons (Fsp3) is 0.444. The molecule has 154 valence electrons. The maximum atomic E-state index is 11.9. The molecule has 1 fully saturated rings. The van der Waals surface area contributed by atoms with E-state index in [1.807, 2.05) is 0 Å². The van der Waals surface area contributed by atoms with Crippen molar-refractivity contribution in [2.45, 2.75) is 38.8 Å². The van der Waals surface area contributed by atoms with E-state index < -0.39 is 24.1 Å². The number of nitrogens with zero attached hydrogens (tertiary/aromatic N) is 1. The molecule has 1 atom stereocenters. The topological polar surface area (TPSA) is 155 Å². The van der Waals surface area contributed by atoms with Crippen LogP contribution in [0.4, 0.5) is 0 Å². The largest absolute Gasteiger partial charge is 0.464 e. The molecule has 0 radical (unpaired) electrons. The number of ether oxygens (including phenoxy) is 1. The molecule has 1 rings (SSSR count). The van der Waals surface area contributed by atoms with Gasteiger partial charge in [0, 0.05) is 12.8 Å². The zero-order valence-corrected chi connectivity index (χ0v) is 15.8. The van der Waals surface area contributed by atoms with Gasteiger partial charge < -0.3 is 25.7 Å². The third-order valence-corrected chi connectivity index (χ3v) is 3.64. The molecule has 0 spiro atoms. The molecule has 0 aromatic heterocycles. The average Bonchev–Trinajstić information content (AvgIpc) is 2.94. The summed E-state index contributed by atoms with van der Waals surface area (Å²) >= 11 is 0. The van der Waals surface area contributed by atoms with E-state index in [1.54, 1.807) is 25.2 Å². The number of hydrogen-bond donors (Lipinski definition) is 4. The quantitative estimate of drug-likeness (QED) is 0.135. The van der Waals surface area contributed by atoms with Crippen LogP contribution < -0.4 is 11.1 Å². The van der Waals surface area contributed by atoms with Crippen molar-refractivity contribution in [3.63, 3.8) is 0 Å². The highest BCUT2D eigenvalue weighted by Crippen LogP contribution is 2.18. The predicted octanol–water partition coefficient (Wildman–Crippen LogP) is 0.251. The summed E-state index contributed by atoms with van der Waals surface area (Å²) in [5.74, 6) is -1.81. The first-order valence-electron chi connectivity index (χ1n) is 8.68. The van der Waals surface area contributed by atoms with Crippen LogP contribution in [0.15, 0.2) is 36.0 Å². The van der Waals surface area contributed by atoms with E-state index in [9.17, 15) is 19.5 Å². The molecule has 1 unspecified atom stereocenters. The van der Waals surface area contributed by atoms with Crippen LogP contribution in [0.25, 0.3) is 0 Å². The van der Waals surface area contributed by atoms with Crippen molar-refractivity contribution in [1.82, 2.24) is 10.4 Å². The summed E-state index contributed by atoms with van der Waals surface area (Å²) in [4.78, 5) is 40.0. The van der Waals surface area contributed by atoms with Gasteiger partial charge in [-0.3, -0.25) is 15.0 Å². The first kappa shape index (κ1) is 22.9. The Labute approximate surface area is 163 Å². The summed E-state index contributed by atoms with van der Waals surface area (Å²) in [6.45, 7) is 5.79. The van der Waals surface area contributed by atoms with Crippen LogP contribution in [-0.2, 0) is 24.0 Å². The third kappa shape index (κ3) is 8.49. The van der Waals surface area contributed by atoms with Crippen LogP contribution in [0.3, 0.4) is 0 Å². The molecule has 0 aromatic carbocycles. The lowest BCUT2D eigenvalue weighted by Gasteiger charge is -2.18. The maximum Gasteiger partial charge on any atom is 0.337 e. The minimum atomic E-state index is -1.11. The Bertz CT molecular complexity index is 686. The molecule has 0 bridgehead atoms. The number of hydroxylamine groups is 2. The summed E-state index contributed by atoms with van der Waals surface area (Å²) in [5.41, 5.74) is 6.17. The summed E-state index contributed by atoms with van der Waals surface area (Å²) in [5, 5.41) is 19.8. The molecule has 1 heterocycles. The zero-order valence-electron chi connectivity index (χ0n) is 15.8. The molecule has 0 aliphatic carbocycles. The number of aliphatic hydroxyl groups is 1. The molecular formula is C18H26N4O6. The number of rotatable bonds is 10. The van der Waals surface area contributed by atoms with Crippen molar-refractivity contribution in [3.8, 4) is 0 Å². The molecular weight excluding hydrogens is 368 g/mol. The number of nitrogens with two attached hydrogens (primary N) is 1. The van der Waals surface area contributed by atoms with Crippen molar-refractivity contribution in [2.24, 2.45) is 5.73 Å². The molecule has 1 aliphatic rings. The van der Waals surface area contributed by atoms with Gasteiger partial charge in [-0.2, -0.15) is 0 Å². The Kier molecular flexibility index (Phi) is 9.44. The normalized spacial score (nSPS) is 16.9. The van der Waals surface area contributed by atoms with E-state index >= 15 is 0 Å². The standard InChI is InChI=1S/C18H26N4O6/c1-3-13(11-17(26)28-22-14(23)6-7-15(22)24)5-4-12(2)10-16(25)27-9-8-21-18(19)20/h3-5,14,23H,2,6-11H2,1H3,(H4,19,20,21)/b5-4-,13-3+. The third-order valence-electron chi connectivity index (χ3n) is 3.64. The van der Waals surface area contributed by atoms with Gasteiger partial charge in [-0.1, -0.05) is 24.8 Å². The molecule has 0 aromatic rings. The molecule has 1 amide bonds. The number of amides is 1. The van der Waals surface area contributed by atoms with Gasteiger partial charge in [-0.25, -0.2) is 4.79 Å². The number of hydrogen-bond acceptors (Lipinski definition) is 7. The zero-order chi connectivity index (χ0) is 21.1. The van der Waals surface area contributed by atoms with E-state index in [4.69, 9.17) is 20.7 Å². The Morgan fingerprint density at radius 3 is 2.68 bits per heavy atom. The fourth-order valence-electron chi connectivity index (χ4n) is 2.19. The summed E-state index contributed by atoms with van der Waals surface area (Å²) < 4.78 is 4.96. The van der Waals surface area contributed by atoms with Gasteiger partial charge in [-0.05, 0) is 18.1 Å². The Hall–Kier alpha value is -3.14. The van der Waals surface area contributed by atoms with Crippen LogP contribution in [-0.4, -0.2) is 53.4 Å². The van der Waals surface area contributed by atoms with Crippen LogP contribution in [0.1, 0.15) is 32.6 Å². The van der Waals surface area contributed by atoms with Gasteiger partial charge in [0.05, 0.1) is 19.4 Å². The highest BCUT2D eigenvalue weighted by Gasteiger charge is 2.32. The molecule has 10 nitrogen and oxygen atoms in total. The van der Waals surface area contributed by atoms with Crippen LogP contribution in [0.5, 0.6) is 0 Å². The second-order valence-electron chi connectivity index (χ2n) is 5.97. The smallest absolute Gasteiger partial charge is 0.337 e. The van der Waals surface area contributed by atoms with Gasteiger partial charge in [0.25, 0.3) is 5.91 Å². The van der Waals surface area contributed by atoms with Gasteiger partial charge in [0.15, 0.2) is 12.2 Å². The van der Waals surface area contributed by atoms with Gasteiger partial charge in [0.2, 0.25) is 0 Å². The average molecular weight is 394 g/mol. The van der Waals surface area contributed by atoms with Crippen molar-refractivity contribution in [1.29, 1.82) is 5.41 Å². The summed E-state index contributed by atoms with van der Waals surface area (Å²) in [6.07, 6.45) is 3.96. The molecule has 1 aliphatic heterocycles. The van der Waals surface area contributed by atoms with Gasteiger partial charge in [-0.15, -0.1) is 5.06 Å². The fourth-order valence-corrected chi connectivity index (χ4v) is 2.19.